The van der Waals surface area contributed by atoms with Gasteiger partial charge in [-0.3, -0.25) is 4.90 Å². The first-order chi connectivity index (χ1) is 8.50. The van der Waals surface area contributed by atoms with Gasteiger partial charge in [-0.05, 0) is 0 Å². The van der Waals surface area contributed by atoms with Crippen LogP contribution in [-0.4, -0.2) is 42.6 Å². The van der Waals surface area contributed by atoms with Crippen molar-refractivity contribution in [1.82, 2.24) is 9.88 Å². The van der Waals surface area contributed by atoms with E-state index < -0.39 is 0 Å². The van der Waals surface area contributed by atoms with Gasteiger partial charge in [-0.2, -0.15) is 0 Å². The van der Waals surface area contributed by atoms with Gasteiger partial charge in [-0.25, -0.2) is 4.98 Å². The molecule has 4 heteroatoms. The molecule has 1 aromatic heterocycles. The third kappa shape index (κ3) is 3.04. The van der Waals surface area contributed by atoms with Crippen LogP contribution < -0.4 is 4.90 Å². The Morgan fingerprint density at radius 1 is 1.33 bits per heavy atom. The molecule has 0 bridgehead atoms. The normalized spacial score (nSPS) is 17.8. The maximum atomic E-state index is 5.34. The predicted octanol–water partition coefficient (Wildman–Crippen LogP) is 2.20. The maximum Gasteiger partial charge on any atom is 0.185 e. The Bertz CT molecular complexity index is 431. The molecule has 98 valence electrons. The molecule has 0 aromatic carbocycles. The fourth-order valence-corrected chi connectivity index (χ4v) is 3.09. The van der Waals surface area contributed by atoms with Gasteiger partial charge in [0, 0.05) is 37.0 Å². The van der Waals surface area contributed by atoms with Gasteiger partial charge in [-0.15, -0.1) is 17.8 Å². The Kier molecular flexibility index (Phi) is 3.94. The quantitative estimate of drug-likeness (QED) is 0.763. The van der Waals surface area contributed by atoms with Crippen LogP contribution in [0.4, 0.5) is 5.13 Å². The van der Waals surface area contributed by atoms with Crippen molar-refractivity contribution in [3.8, 4) is 12.3 Å². The van der Waals surface area contributed by atoms with E-state index in [1.807, 2.05) is 0 Å². The van der Waals surface area contributed by atoms with E-state index in [0.29, 0.717) is 0 Å². The molecule has 1 aromatic rings. The monoisotopic (exact) mass is 263 g/mol. The van der Waals surface area contributed by atoms with Crippen LogP contribution in [0, 0.1) is 12.3 Å². The Morgan fingerprint density at radius 3 is 2.50 bits per heavy atom. The number of hydrogen-bond acceptors (Lipinski definition) is 4. The Hall–Kier alpha value is -1.05. The van der Waals surface area contributed by atoms with Crippen LogP contribution in [0.15, 0.2) is 5.38 Å². The van der Waals surface area contributed by atoms with Gasteiger partial charge in [0.1, 0.15) is 0 Å². The summed E-state index contributed by atoms with van der Waals surface area (Å²) in [5.74, 6) is 2.71. The van der Waals surface area contributed by atoms with Crippen molar-refractivity contribution in [3.63, 3.8) is 0 Å². The molecular formula is C14H21N3S. The van der Waals surface area contributed by atoms with E-state index in [1.165, 1.54) is 5.69 Å². The molecule has 1 aliphatic heterocycles. The summed E-state index contributed by atoms with van der Waals surface area (Å²) in [7, 11) is 0. The lowest BCUT2D eigenvalue weighted by Gasteiger charge is -2.33. The second-order valence-electron chi connectivity index (χ2n) is 5.73. The highest BCUT2D eigenvalue weighted by Crippen LogP contribution is 2.28. The lowest BCUT2D eigenvalue weighted by atomic mass is 9.93. The number of terminal acetylenes is 1. The molecule has 1 saturated heterocycles. The molecule has 18 heavy (non-hydrogen) atoms. The summed E-state index contributed by atoms with van der Waals surface area (Å²) >= 11 is 1.75. The van der Waals surface area contributed by atoms with Crippen LogP contribution in [-0.2, 0) is 5.41 Å². The maximum absolute atomic E-state index is 5.34. The minimum Gasteiger partial charge on any atom is -0.346 e. The third-order valence-corrected chi connectivity index (χ3v) is 4.12. The molecule has 1 aliphatic rings. The molecule has 0 spiro atoms. The van der Waals surface area contributed by atoms with Gasteiger partial charge in [0.25, 0.3) is 0 Å². The van der Waals surface area contributed by atoms with Gasteiger partial charge in [-0.1, -0.05) is 26.7 Å². The molecule has 0 saturated carbocycles. The first-order valence-electron chi connectivity index (χ1n) is 6.37. The van der Waals surface area contributed by atoms with E-state index >= 15 is 0 Å². The molecule has 0 aliphatic carbocycles. The van der Waals surface area contributed by atoms with Gasteiger partial charge in [0.2, 0.25) is 0 Å². The zero-order valence-electron chi connectivity index (χ0n) is 11.4. The van der Waals surface area contributed by atoms with Crippen molar-refractivity contribution >= 4 is 16.5 Å². The fraction of sp³-hybridized carbons (Fsp3) is 0.643. The first kappa shape index (κ1) is 13.4. The van der Waals surface area contributed by atoms with Crippen LogP contribution in [0.1, 0.15) is 26.5 Å². The van der Waals surface area contributed by atoms with Gasteiger partial charge >= 0.3 is 0 Å². The topological polar surface area (TPSA) is 19.4 Å². The molecule has 1 fully saturated rings. The number of thiazole rings is 1. The summed E-state index contributed by atoms with van der Waals surface area (Å²) in [6, 6.07) is 0. The fourth-order valence-electron chi connectivity index (χ4n) is 1.98. The zero-order valence-corrected chi connectivity index (χ0v) is 12.3. The van der Waals surface area contributed by atoms with E-state index in [9.17, 15) is 0 Å². The standard InChI is InChI=1S/C14H21N3S/c1-5-6-16-7-9-17(10-8-16)13-15-12(11-18-13)14(2,3)4/h1,11H,6-10H2,2-4H3. The highest BCUT2D eigenvalue weighted by atomic mass is 32.1. The summed E-state index contributed by atoms with van der Waals surface area (Å²) in [4.78, 5) is 9.44. The van der Waals surface area contributed by atoms with E-state index in [-0.39, 0.29) is 5.41 Å². The van der Waals surface area contributed by atoms with Crippen molar-refractivity contribution < 1.29 is 0 Å². The van der Waals surface area contributed by atoms with Crippen LogP contribution >= 0.6 is 11.3 Å². The number of anilines is 1. The summed E-state index contributed by atoms with van der Waals surface area (Å²) in [6.45, 7) is 11.5. The molecule has 3 nitrogen and oxygen atoms in total. The number of piperazine rings is 1. The second kappa shape index (κ2) is 5.29. The Labute approximate surface area is 114 Å². The molecule has 0 N–H and O–H groups in total. The van der Waals surface area contributed by atoms with E-state index in [0.717, 1.165) is 37.9 Å². The van der Waals surface area contributed by atoms with Crippen LogP contribution in [0.25, 0.3) is 0 Å². The SMILES string of the molecule is C#CCN1CCN(c2nc(C(C)(C)C)cs2)CC1. The highest BCUT2D eigenvalue weighted by Gasteiger charge is 2.22. The van der Waals surface area contributed by atoms with Crippen molar-refractivity contribution in [2.24, 2.45) is 0 Å². The molecule has 0 unspecified atom stereocenters. The Morgan fingerprint density at radius 2 is 2.00 bits per heavy atom. The predicted molar refractivity (Wildman–Crippen MR) is 78.3 cm³/mol. The van der Waals surface area contributed by atoms with Crippen LogP contribution in [0.2, 0.25) is 0 Å². The van der Waals surface area contributed by atoms with Crippen LogP contribution in [0.3, 0.4) is 0 Å². The Balaban J connectivity index is 1.98. The highest BCUT2D eigenvalue weighted by molar-refractivity contribution is 7.13. The summed E-state index contributed by atoms with van der Waals surface area (Å²) in [6.07, 6.45) is 5.34. The van der Waals surface area contributed by atoms with Crippen molar-refractivity contribution in [2.75, 3.05) is 37.6 Å². The molecule has 0 atom stereocenters. The van der Waals surface area contributed by atoms with Crippen molar-refractivity contribution in [2.45, 2.75) is 26.2 Å². The van der Waals surface area contributed by atoms with E-state index in [1.54, 1.807) is 11.3 Å². The van der Waals surface area contributed by atoms with Crippen molar-refractivity contribution in [1.29, 1.82) is 0 Å². The zero-order chi connectivity index (χ0) is 13.2. The molecule has 2 heterocycles. The smallest absolute Gasteiger partial charge is 0.185 e. The van der Waals surface area contributed by atoms with Gasteiger partial charge in [0.05, 0.1) is 12.2 Å². The molecule has 0 radical (unpaired) electrons. The number of aromatic nitrogens is 1. The largest absolute Gasteiger partial charge is 0.346 e. The minimum atomic E-state index is 0.139. The third-order valence-electron chi connectivity index (χ3n) is 3.22. The van der Waals surface area contributed by atoms with Crippen LogP contribution in [0.5, 0.6) is 0 Å². The summed E-state index contributed by atoms with van der Waals surface area (Å²) in [5.41, 5.74) is 1.33. The van der Waals surface area contributed by atoms with Gasteiger partial charge in [0.15, 0.2) is 5.13 Å². The summed E-state index contributed by atoms with van der Waals surface area (Å²) < 4.78 is 0. The van der Waals surface area contributed by atoms with Crippen molar-refractivity contribution in [3.05, 3.63) is 11.1 Å². The second-order valence-corrected chi connectivity index (χ2v) is 6.57. The molecule has 0 amide bonds. The average molecular weight is 263 g/mol. The first-order valence-corrected chi connectivity index (χ1v) is 7.25. The number of hydrogen-bond donors (Lipinski definition) is 0. The van der Waals surface area contributed by atoms with E-state index in [4.69, 9.17) is 11.4 Å². The van der Waals surface area contributed by atoms with E-state index in [2.05, 4.69) is 41.9 Å². The number of nitrogens with zero attached hydrogens (tertiary/aromatic N) is 3. The lowest BCUT2D eigenvalue weighted by Crippen LogP contribution is -2.46. The number of rotatable bonds is 2. The van der Waals surface area contributed by atoms with Gasteiger partial charge < -0.3 is 4.90 Å². The minimum absolute atomic E-state index is 0.139. The molecule has 2 rings (SSSR count). The lowest BCUT2D eigenvalue weighted by molar-refractivity contribution is 0.288. The average Bonchev–Trinajstić information content (AvgIpc) is 2.79. The summed E-state index contributed by atoms with van der Waals surface area (Å²) in [5, 5.41) is 3.34. The molecular weight excluding hydrogens is 242 g/mol.